The van der Waals surface area contributed by atoms with Gasteiger partial charge in [-0.1, -0.05) is 33.8 Å². The molecule has 0 amide bonds. The van der Waals surface area contributed by atoms with Gasteiger partial charge in [0.05, 0.1) is 12.8 Å². The molecule has 6 nitrogen and oxygen atoms in total. The number of carboxylic acid groups (broad SMARTS) is 2. The Morgan fingerprint density at radius 2 is 1.55 bits per heavy atom. The van der Waals surface area contributed by atoms with Crippen LogP contribution >= 0.6 is 0 Å². The van der Waals surface area contributed by atoms with Gasteiger partial charge < -0.3 is 15.0 Å². The summed E-state index contributed by atoms with van der Waals surface area (Å²) in [6, 6.07) is 0. The smallest absolute Gasteiger partial charge is 0.307 e. The van der Waals surface area contributed by atoms with Crippen molar-refractivity contribution in [1.29, 1.82) is 0 Å². The molecule has 0 aliphatic rings. The molecule has 0 rings (SSSR count). The minimum absolute atomic E-state index is 0.0400. The fourth-order valence-electron chi connectivity index (χ4n) is 1.76. The molecule has 6 heteroatoms. The Morgan fingerprint density at radius 3 is 1.82 bits per heavy atom. The lowest BCUT2D eigenvalue weighted by Crippen LogP contribution is -2.11. The van der Waals surface area contributed by atoms with Gasteiger partial charge in [-0.15, -0.1) is 0 Å². The number of hydrogen-bond donors (Lipinski definition) is 2. The quantitative estimate of drug-likeness (QED) is 0.500. The van der Waals surface area contributed by atoms with E-state index in [0.717, 1.165) is 6.29 Å². The predicted molar refractivity (Wildman–Crippen MR) is 82.5 cm³/mol. The first-order valence-electron chi connectivity index (χ1n) is 7.17. The second kappa shape index (κ2) is 12.7. The molecule has 22 heavy (non-hydrogen) atoms. The molecule has 0 aromatic heterocycles. The van der Waals surface area contributed by atoms with Crippen LogP contribution in [0.3, 0.4) is 0 Å². The maximum absolute atomic E-state index is 10.3. The topological polar surface area (TPSA) is 109 Å². The van der Waals surface area contributed by atoms with Crippen molar-refractivity contribution < 1.29 is 29.4 Å². The first kappa shape index (κ1) is 22.3. The first-order valence-corrected chi connectivity index (χ1v) is 7.17. The van der Waals surface area contributed by atoms with Gasteiger partial charge in [-0.25, -0.2) is 0 Å². The van der Waals surface area contributed by atoms with Gasteiger partial charge >= 0.3 is 11.9 Å². The highest BCUT2D eigenvalue weighted by Gasteiger charge is 2.13. The van der Waals surface area contributed by atoms with Crippen LogP contribution in [0.4, 0.5) is 0 Å². The highest BCUT2D eigenvalue weighted by atomic mass is 16.4. The van der Waals surface area contributed by atoms with E-state index in [9.17, 15) is 19.2 Å². The van der Waals surface area contributed by atoms with Crippen molar-refractivity contribution in [3.05, 3.63) is 11.6 Å². The number of aliphatic carboxylic acids is 2. The van der Waals surface area contributed by atoms with Crippen LogP contribution in [0.25, 0.3) is 0 Å². The zero-order chi connectivity index (χ0) is 17.7. The largest absolute Gasteiger partial charge is 0.481 e. The van der Waals surface area contributed by atoms with Crippen LogP contribution in [0, 0.1) is 17.8 Å². The van der Waals surface area contributed by atoms with Gasteiger partial charge in [-0.2, -0.15) is 0 Å². The molecule has 0 heterocycles. The van der Waals surface area contributed by atoms with Gasteiger partial charge in [-0.3, -0.25) is 14.4 Å². The SMILES string of the molecule is CC(C)/C=C(/C=O)CC(=O)O.CC(C)CC(C=O)CC(=O)O. The average Bonchev–Trinajstić information content (AvgIpc) is 2.35. The van der Waals surface area contributed by atoms with Gasteiger partial charge in [0.2, 0.25) is 0 Å². The number of carboxylic acids is 2. The minimum atomic E-state index is -0.969. The molecule has 0 fully saturated rings. The summed E-state index contributed by atoms with van der Waals surface area (Å²) >= 11 is 0. The summed E-state index contributed by atoms with van der Waals surface area (Å²) in [5, 5.41) is 16.7. The van der Waals surface area contributed by atoms with E-state index in [-0.39, 0.29) is 24.7 Å². The van der Waals surface area contributed by atoms with Crippen LogP contribution in [-0.4, -0.2) is 34.7 Å². The molecule has 1 atom stereocenters. The molecule has 0 spiro atoms. The van der Waals surface area contributed by atoms with Gasteiger partial charge in [0.25, 0.3) is 0 Å². The molecule has 0 radical (unpaired) electrons. The zero-order valence-corrected chi connectivity index (χ0v) is 13.6. The number of carbonyl (C=O) groups is 4. The maximum atomic E-state index is 10.3. The van der Waals surface area contributed by atoms with E-state index in [1.54, 1.807) is 6.08 Å². The normalized spacial score (nSPS) is 12.4. The Morgan fingerprint density at radius 1 is 1.00 bits per heavy atom. The molecule has 0 aliphatic carbocycles. The van der Waals surface area contributed by atoms with Crippen LogP contribution in [0.5, 0.6) is 0 Å². The van der Waals surface area contributed by atoms with E-state index in [2.05, 4.69) is 0 Å². The third-order valence-corrected chi connectivity index (χ3v) is 2.46. The molecular weight excluding hydrogens is 288 g/mol. The van der Waals surface area contributed by atoms with Crippen LogP contribution in [-0.2, 0) is 19.2 Å². The summed E-state index contributed by atoms with van der Waals surface area (Å²) < 4.78 is 0. The van der Waals surface area contributed by atoms with Crippen molar-refractivity contribution in [3.8, 4) is 0 Å². The lowest BCUT2D eigenvalue weighted by atomic mass is 9.96. The third kappa shape index (κ3) is 16.1. The highest BCUT2D eigenvalue weighted by Crippen LogP contribution is 2.12. The summed E-state index contributed by atoms with van der Waals surface area (Å²) in [5.41, 5.74) is 0.340. The Balaban J connectivity index is 0. The molecule has 126 valence electrons. The van der Waals surface area contributed by atoms with Crippen LogP contribution in [0.2, 0.25) is 0 Å². The van der Waals surface area contributed by atoms with Gasteiger partial charge in [0, 0.05) is 5.92 Å². The van der Waals surface area contributed by atoms with E-state index < -0.39 is 11.9 Å². The van der Waals surface area contributed by atoms with Crippen molar-refractivity contribution in [2.24, 2.45) is 17.8 Å². The minimum Gasteiger partial charge on any atom is -0.481 e. The Kier molecular flexibility index (Phi) is 12.9. The van der Waals surface area contributed by atoms with Crippen molar-refractivity contribution in [2.45, 2.75) is 47.0 Å². The Labute approximate surface area is 131 Å². The molecule has 1 unspecified atom stereocenters. The lowest BCUT2D eigenvalue weighted by molar-refractivity contribution is -0.139. The van der Waals surface area contributed by atoms with Crippen LogP contribution in [0.15, 0.2) is 11.6 Å². The van der Waals surface area contributed by atoms with E-state index in [0.29, 0.717) is 24.2 Å². The zero-order valence-electron chi connectivity index (χ0n) is 13.6. The highest BCUT2D eigenvalue weighted by molar-refractivity contribution is 5.83. The van der Waals surface area contributed by atoms with Crippen molar-refractivity contribution >= 4 is 24.5 Å². The number of hydrogen-bond acceptors (Lipinski definition) is 4. The van der Waals surface area contributed by atoms with Gasteiger partial charge in [0.1, 0.15) is 12.6 Å². The molecule has 0 bridgehead atoms. The fraction of sp³-hybridized carbons (Fsp3) is 0.625. The van der Waals surface area contributed by atoms with E-state index in [1.807, 2.05) is 27.7 Å². The third-order valence-electron chi connectivity index (χ3n) is 2.46. The second-order valence-electron chi connectivity index (χ2n) is 5.80. The monoisotopic (exact) mass is 314 g/mol. The van der Waals surface area contributed by atoms with Gasteiger partial charge in [0.15, 0.2) is 0 Å². The summed E-state index contributed by atoms with van der Waals surface area (Å²) in [6.45, 7) is 7.73. The van der Waals surface area contributed by atoms with Crippen LogP contribution < -0.4 is 0 Å². The summed E-state index contributed by atoms with van der Waals surface area (Å²) in [4.78, 5) is 40.9. The summed E-state index contributed by atoms with van der Waals surface area (Å²) in [7, 11) is 0. The predicted octanol–water partition coefficient (Wildman–Crippen LogP) is 2.56. The molecule has 0 saturated heterocycles. The number of rotatable bonds is 9. The fourth-order valence-corrected chi connectivity index (χ4v) is 1.76. The van der Waals surface area contributed by atoms with Crippen LogP contribution in [0.1, 0.15) is 47.0 Å². The van der Waals surface area contributed by atoms with Crippen molar-refractivity contribution in [1.82, 2.24) is 0 Å². The Bertz CT molecular complexity index is 395. The summed E-state index contributed by atoms with van der Waals surface area (Å²) in [5.74, 6) is -1.58. The lowest BCUT2D eigenvalue weighted by Gasteiger charge is -2.08. The Hall–Kier alpha value is -1.98. The first-order chi connectivity index (χ1) is 10.1. The molecule has 0 saturated carbocycles. The maximum Gasteiger partial charge on any atom is 0.307 e. The molecule has 2 N–H and O–H groups in total. The molecule has 0 aromatic rings. The molecule has 0 aliphatic heterocycles. The van der Waals surface area contributed by atoms with E-state index in [4.69, 9.17) is 10.2 Å². The van der Waals surface area contributed by atoms with Crippen molar-refractivity contribution in [2.75, 3.05) is 0 Å². The van der Waals surface area contributed by atoms with E-state index in [1.165, 1.54) is 0 Å². The standard InChI is InChI=1S/C8H14O3.C8H12O3/c2*1-6(2)3-7(5-9)4-8(10)11/h5-7H,3-4H2,1-2H3,(H,10,11);3,5-6H,4H2,1-2H3,(H,10,11)/b;7-3+. The van der Waals surface area contributed by atoms with Gasteiger partial charge in [-0.05, 0) is 23.8 Å². The summed E-state index contributed by atoms with van der Waals surface area (Å²) in [6.07, 6.45) is 3.42. The molecular formula is C16H26O6. The van der Waals surface area contributed by atoms with Crippen molar-refractivity contribution in [3.63, 3.8) is 0 Å². The second-order valence-corrected chi connectivity index (χ2v) is 5.80. The van der Waals surface area contributed by atoms with E-state index >= 15 is 0 Å². The molecule has 0 aromatic carbocycles. The number of aldehydes is 2. The number of allylic oxidation sites excluding steroid dienone is 1. The number of carbonyl (C=O) groups excluding carboxylic acids is 2. The average molecular weight is 314 g/mol.